The number of aliphatic carboxylic acids is 1. The van der Waals surface area contributed by atoms with Gasteiger partial charge < -0.3 is 15.2 Å². The van der Waals surface area contributed by atoms with E-state index in [9.17, 15) is 9.59 Å². The first-order valence-electron chi connectivity index (χ1n) is 8.18. The highest BCUT2D eigenvalue weighted by atomic mass is 16.5. The van der Waals surface area contributed by atoms with Crippen LogP contribution in [-0.4, -0.2) is 36.7 Å². The molecule has 2 atom stereocenters. The SMILES string of the molecule is Cc1ccccc1C1(CNC(=O)C2CC2C(=O)O)CCOCC1. The first kappa shape index (κ1) is 16.0. The highest BCUT2D eigenvalue weighted by molar-refractivity contribution is 5.89. The van der Waals surface area contributed by atoms with Gasteiger partial charge in [0.1, 0.15) is 0 Å². The van der Waals surface area contributed by atoms with Crippen LogP contribution in [0.1, 0.15) is 30.4 Å². The molecule has 0 bridgehead atoms. The van der Waals surface area contributed by atoms with Crippen molar-refractivity contribution in [3.63, 3.8) is 0 Å². The van der Waals surface area contributed by atoms with Crippen molar-refractivity contribution in [1.29, 1.82) is 0 Å². The van der Waals surface area contributed by atoms with Gasteiger partial charge in [0.2, 0.25) is 5.91 Å². The van der Waals surface area contributed by atoms with Crippen LogP contribution >= 0.6 is 0 Å². The number of aryl methyl sites for hydroxylation is 1. The maximum absolute atomic E-state index is 12.2. The van der Waals surface area contributed by atoms with Crippen LogP contribution in [0.4, 0.5) is 0 Å². The number of hydrogen-bond donors (Lipinski definition) is 2. The van der Waals surface area contributed by atoms with Gasteiger partial charge in [-0.2, -0.15) is 0 Å². The lowest BCUT2D eigenvalue weighted by molar-refractivity contribution is -0.140. The van der Waals surface area contributed by atoms with Gasteiger partial charge in [0.15, 0.2) is 0 Å². The molecule has 2 fully saturated rings. The summed E-state index contributed by atoms with van der Waals surface area (Å²) in [5.41, 5.74) is 2.36. The third-order valence-electron chi connectivity index (χ3n) is 5.21. The Morgan fingerprint density at radius 3 is 2.57 bits per heavy atom. The van der Waals surface area contributed by atoms with Gasteiger partial charge in [-0.3, -0.25) is 9.59 Å². The molecule has 0 spiro atoms. The van der Waals surface area contributed by atoms with E-state index in [-0.39, 0.29) is 17.2 Å². The average molecular weight is 317 g/mol. The lowest BCUT2D eigenvalue weighted by Crippen LogP contribution is -2.45. The third kappa shape index (κ3) is 3.24. The molecule has 1 saturated heterocycles. The van der Waals surface area contributed by atoms with E-state index >= 15 is 0 Å². The smallest absolute Gasteiger partial charge is 0.307 e. The summed E-state index contributed by atoms with van der Waals surface area (Å²) in [7, 11) is 0. The maximum atomic E-state index is 12.2. The standard InChI is InChI=1S/C18H23NO4/c1-12-4-2-3-5-15(12)18(6-8-23-9-7-18)11-19-16(20)13-10-14(13)17(21)22/h2-5,13-14H,6-11H2,1H3,(H,19,20)(H,21,22). The molecule has 1 aromatic carbocycles. The predicted molar refractivity (Wildman–Crippen MR) is 85.2 cm³/mol. The number of carboxylic acid groups (broad SMARTS) is 1. The van der Waals surface area contributed by atoms with Crippen molar-refractivity contribution >= 4 is 11.9 Å². The van der Waals surface area contributed by atoms with Gasteiger partial charge in [-0.05, 0) is 37.3 Å². The highest BCUT2D eigenvalue weighted by Crippen LogP contribution is 2.40. The van der Waals surface area contributed by atoms with Crippen molar-refractivity contribution in [2.45, 2.75) is 31.6 Å². The monoisotopic (exact) mass is 317 g/mol. The molecule has 1 aliphatic carbocycles. The van der Waals surface area contributed by atoms with Crippen molar-refractivity contribution in [1.82, 2.24) is 5.32 Å². The number of amides is 1. The van der Waals surface area contributed by atoms with Crippen molar-refractivity contribution in [2.24, 2.45) is 11.8 Å². The van der Waals surface area contributed by atoms with E-state index in [2.05, 4.69) is 24.4 Å². The molecule has 2 unspecified atom stereocenters. The lowest BCUT2D eigenvalue weighted by Gasteiger charge is -2.39. The minimum Gasteiger partial charge on any atom is -0.481 e. The number of hydrogen-bond acceptors (Lipinski definition) is 3. The van der Waals surface area contributed by atoms with Crippen molar-refractivity contribution < 1.29 is 19.4 Å². The second-order valence-corrected chi connectivity index (χ2v) is 6.71. The van der Waals surface area contributed by atoms with Gasteiger partial charge in [0.05, 0.1) is 11.8 Å². The number of nitrogens with one attached hydrogen (secondary N) is 1. The third-order valence-corrected chi connectivity index (χ3v) is 5.21. The Morgan fingerprint density at radius 1 is 1.26 bits per heavy atom. The summed E-state index contributed by atoms with van der Waals surface area (Å²) in [6, 6.07) is 8.27. The minimum absolute atomic E-state index is 0.118. The van der Waals surface area contributed by atoms with E-state index in [1.165, 1.54) is 11.1 Å². The molecule has 1 heterocycles. The van der Waals surface area contributed by atoms with Crippen molar-refractivity contribution in [2.75, 3.05) is 19.8 Å². The molecular weight excluding hydrogens is 294 g/mol. The summed E-state index contributed by atoms with van der Waals surface area (Å²) in [6.07, 6.45) is 2.19. The van der Waals surface area contributed by atoms with E-state index < -0.39 is 11.9 Å². The fourth-order valence-corrected chi connectivity index (χ4v) is 3.62. The number of ether oxygens (including phenoxy) is 1. The molecule has 124 valence electrons. The largest absolute Gasteiger partial charge is 0.481 e. The zero-order valence-electron chi connectivity index (χ0n) is 13.4. The first-order chi connectivity index (χ1) is 11.0. The number of benzene rings is 1. The molecule has 23 heavy (non-hydrogen) atoms. The Labute approximate surface area is 136 Å². The summed E-state index contributed by atoms with van der Waals surface area (Å²) in [4.78, 5) is 23.1. The molecule has 1 saturated carbocycles. The van der Waals surface area contributed by atoms with Gasteiger partial charge in [0, 0.05) is 25.2 Å². The van der Waals surface area contributed by atoms with Gasteiger partial charge in [-0.25, -0.2) is 0 Å². The lowest BCUT2D eigenvalue weighted by atomic mass is 9.72. The van der Waals surface area contributed by atoms with Crippen LogP contribution in [0.15, 0.2) is 24.3 Å². The molecule has 2 N–H and O–H groups in total. The van der Waals surface area contributed by atoms with Crippen LogP contribution in [0.3, 0.4) is 0 Å². The summed E-state index contributed by atoms with van der Waals surface area (Å²) in [5, 5.41) is 12.0. The minimum atomic E-state index is -0.871. The zero-order chi connectivity index (χ0) is 16.4. The van der Waals surface area contributed by atoms with Crippen molar-refractivity contribution in [3.8, 4) is 0 Å². The molecule has 3 rings (SSSR count). The molecule has 5 nitrogen and oxygen atoms in total. The first-order valence-corrected chi connectivity index (χ1v) is 8.18. The van der Waals surface area contributed by atoms with Crippen molar-refractivity contribution in [3.05, 3.63) is 35.4 Å². The number of carboxylic acids is 1. The van der Waals surface area contributed by atoms with Crippen LogP contribution in [0.25, 0.3) is 0 Å². The summed E-state index contributed by atoms with van der Waals surface area (Å²) < 4.78 is 5.51. The van der Waals surface area contributed by atoms with E-state index in [1.807, 2.05) is 12.1 Å². The van der Waals surface area contributed by atoms with Crippen LogP contribution in [-0.2, 0) is 19.7 Å². The van der Waals surface area contributed by atoms with E-state index in [1.54, 1.807) is 0 Å². The Morgan fingerprint density at radius 2 is 1.96 bits per heavy atom. The fourth-order valence-electron chi connectivity index (χ4n) is 3.62. The fraction of sp³-hybridized carbons (Fsp3) is 0.556. The molecule has 5 heteroatoms. The van der Waals surface area contributed by atoms with Crippen LogP contribution in [0.2, 0.25) is 0 Å². The van der Waals surface area contributed by atoms with Crippen LogP contribution < -0.4 is 5.32 Å². The van der Waals surface area contributed by atoms with Crippen LogP contribution in [0.5, 0.6) is 0 Å². The molecule has 1 aliphatic heterocycles. The van der Waals surface area contributed by atoms with E-state index in [4.69, 9.17) is 9.84 Å². The second kappa shape index (κ2) is 6.32. The molecule has 2 aliphatic rings. The Hall–Kier alpha value is -1.88. The normalized spacial score (nSPS) is 25.6. The molecule has 1 amide bonds. The Balaban J connectivity index is 1.72. The molecular formula is C18H23NO4. The molecule has 0 radical (unpaired) electrons. The Bertz CT molecular complexity index is 607. The van der Waals surface area contributed by atoms with E-state index in [0.29, 0.717) is 26.2 Å². The van der Waals surface area contributed by atoms with Gasteiger partial charge in [-0.1, -0.05) is 24.3 Å². The van der Waals surface area contributed by atoms with Crippen LogP contribution in [0, 0.1) is 18.8 Å². The summed E-state index contributed by atoms with van der Waals surface area (Å²) in [5.74, 6) is -1.86. The van der Waals surface area contributed by atoms with Gasteiger partial charge in [-0.15, -0.1) is 0 Å². The maximum Gasteiger partial charge on any atom is 0.307 e. The zero-order valence-corrected chi connectivity index (χ0v) is 13.4. The molecule has 1 aromatic rings. The molecule has 0 aromatic heterocycles. The Kier molecular flexibility index (Phi) is 4.39. The summed E-state index contributed by atoms with van der Waals surface area (Å²) >= 11 is 0. The average Bonchev–Trinajstić information content (AvgIpc) is 3.35. The van der Waals surface area contributed by atoms with E-state index in [0.717, 1.165) is 12.8 Å². The quantitative estimate of drug-likeness (QED) is 0.869. The highest BCUT2D eigenvalue weighted by Gasteiger charge is 2.48. The number of carbonyl (C=O) groups excluding carboxylic acids is 1. The van der Waals surface area contributed by atoms with Gasteiger partial charge >= 0.3 is 5.97 Å². The predicted octanol–water partition coefficient (Wildman–Crippen LogP) is 1.88. The van der Waals surface area contributed by atoms with Gasteiger partial charge in [0.25, 0.3) is 0 Å². The topological polar surface area (TPSA) is 75.6 Å². The number of carbonyl (C=O) groups is 2. The second-order valence-electron chi connectivity index (χ2n) is 6.71. The number of rotatable bonds is 5. The summed E-state index contributed by atoms with van der Waals surface area (Å²) in [6.45, 7) is 4.01.